The highest BCUT2D eigenvalue weighted by Gasteiger charge is 2.13. The number of rotatable bonds is 4. The Balaban J connectivity index is 1.79. The van der Waals surface area contributed by atoms with Crippen LogP contribution >= 0.6 is 0 Å². The van der Waals surface area contributed by atoms with Gasteiger partial charge in [-0.05, 0) is 29.6 Å². The van der Waals surface area contributed by atoms with Crippen molar-refractivity contribution in [3.8, 4) is 0 Å². The van der Waals surface area contributed by atoms with Gasteiger partial charge in [0, 0.05) is 6.42 Å². The van der Waals surface area contributed by atoms with Gasteiger partial charge in [-0.25, -0.2) is 4.98 Å². The van der Waals surface area contributed by atoms with Crippen LogP contribution in [0.5, 0.6) is 0 Å². The van der Waals surface area contributed by atoms with E-state index in [0.29, 0.717) is 16.9 Å². The van der Waals surface area contributed by atoms with Crippen LogP contribution in [0.3, 0.4) is 0 Å². The monoisotopic (exact) mass is 267 g/mol. The molecule has 3 rings (SSSR count). The van der Waals surface area contributed by atoms with E-state index >= 15 is 0 Å². The molecule has 0 atom stereocenters. The van der Waals surface area contributed by atoms with Crippen LogP contribution < -0.4 is 5.46 Å². The second-order valence-electron chi connectivity index (χ2n) is 4.69. The Kier molecular flexibility index (Phi) is 3.54. The van der Waals surface area contributed by atoms with Gasteiger partial charge in [0.2, 0.25) is 0 Å². The minimum Gasteiger partial charge on any atom is -0.441 e. The van der Waals surface area contributed by atoms with Crippen LogP contribution in [0.15, 0.2) is 52.9 Å². The van der Waals surface area contributed by atoms with Crippen LogP contribution in [0.2, 0.25) is 0 Å². The summed E-state index contributed by atoms with van der Waals surface area (Å²) < 4.78 is 5.65. The lowest BCUT2D eigenvalue weighted by Crippen LogP contribution is -2.29. The van der Waals surface area contributed by atoms with Crippen LogP contribution in [-0.4, -0.2) is 22.2 Å². The normalized spacial score (nSPS) is 10.9. The van der Waals surface area contributed by atoms with Gasteiger partial charge in [0.25, 0.3) is 0 Å². The lowest BCUT2D eigenvalue weighted by molar-refractivity contribution is 0.425. The Bertz CT molecular complexity index is 709. The minimum absolute atomic E-state index is 0.406. The Hall–Kier alpha value is -2.11. The van der Waals surface area contributed by atoms with Gasteiger partial charge in [-0.15, -0.1) is 0 Å². The minimum atomic E-state index is -1.49. The second kappa shape index (κ2) is 5.49. The van der Waals surface area contributed by atoms with E-state index in [1.54, 1.807) is 18.2 Å². The summed E-state index contributed by atoms with van der Waals surface area (Å²) in [4.78, 5) is 4.40. The smallest absolute Gasteiger partial charge is 0.441 e. The zero-order valence-electron chi connectivity index (χ0n) is 10.9. The fourth-order valence-electron chi connectivity index (χ4n) is 2.15. The van der Waals surface area contributed by atoms with Crippen LogP contribution in [0.1, 0.15) is 11.5 Å². The molecule has 5 heteroatoms. The Labute approximate surface area is 116 Å². The summed E-state index contributed by atoms with van der Waals surface area (Å²) in [5, 5.41) is 18.3. The summed E-state index contributed by atoms with van der Waals surface area (Å²) in [6.45, 7) is 0. The van der Waals surface area contributed by atoms with Crippen LogP contribution in [0, 0.1) is 0 Å². The maximum Gasteiger partial charge on any atom is 0.488 e. The van der Waals surface area contributed by atoms with E-state index in [2.05, 4.69) is 17.1 Å². The van der Waals surface area contributed by atoms with Gasteiger partial charge >= 0.3 is 7.12 Å². The Morgan fingerprint density at radius 3 is 2.55 bits per heavy atom. The first-order chi connectivity index (χ1) is 9.72. The first-order valence-electron chi connectivity index (χ1n) is 6.52. The maximum absolute atomic E-state index is 9.14. The zero-order valence-corrected chi connectivity index (χ0v) is 10.9. The Morgan fingerprint density at radius 1 is 1.00 bits per heavy atom. The molecule has 3 aromatic rings. The molecule has 0 radical (unpaired) electrons. The lowest BCUT2D eigenvalue weighted by atomic mass is 9.80. The molecule has 1 aromatic heterocycles. The van der Waals surface area contributed by atoms with Gasteiger partial charge in [-0.3, -0.25) is 0 Å². The molecule has 0 saturated carbocycles. The van der Waals surface area contributed by atoms with Crippen molar-refractivity contribution in [3.63, 3.8) is 0 Å². The topological polar surface area (TPSA) is 66.5 Å². The van der Waals surface area contributed by atoms with Gasteiger partial charge in [0.15, 0.2) is 11.5 Å². The van der Waals surface area contributed by atoms with Gasteiger partial charge in [0.05, 0.1) is 0 Å². The predicted molar refractivity (Wildman–Crippen MR) is 77.7 cm³/mol. The standard InChI is InChI=1S/C15H14BNO3/c18-16(19)12-7-8-13-14(10-12)20-15(17-13)9-6-11-4-2-1-3-5-11/h1-5,7-8,10,18-19H,6,9H2. The highest BCUT2D eigenvalue weighted by atomic mass is 16.4. The second-order valence-corrected chi connectivity index (χ2v) is 4.69. The quantitative estimate of drug-likeness (QED) is 0.699. The third kappa shape index (κ3) is 2.74. The van der Waals surface area contributed by atoms with E-state index in [4.69, 9.17) is 14.5 Å². The first kappa shape index (κ1) is 12.9. The molecule has 0 fully saturated rings. The summed E-state index contributed by atoms with van der Waals surface area (Å²) in [5.74, 6) is 0.661. The Morgan fingerprint density at radius 2 is 1.80 bits per heavy atom. The first-order valence-corrected chi connectivity index (χ1v) is 6.52. The molecule has 2 aromatic carbocycles. The SMILES string of the molecule is OB(O)c1ccc2nc(CCc3ccccc3)oc2c1. The van der Waals surface area contributed by atoms with Gasteiger partial charge < -0.3 is 14.5 Å². The molecule has 0 aliphatic rings. The van der Waals surface area contributed by atoms with Crippen molar-refractivity contribution in [2.45, 2.75) is 12.8 Å². The summed E-state index contributed by atoms with van der Waals surface area (Å²) in [6, 6.07) is 15.1. The average Bonchev–Trinajstić information content (AvgIpc) is 2.88. The van der Waals surface area contributed by atoms with Crippen molar-refractivity contribution in [2.24, 2.45) is 0 Å². The largest absolute Gasteiger partial charge is 0.488 e. The molecule has 20 heavy (non-hydrogen) atoms. The predicted octanol–water partition coefficient (Wildman–Crippen LogP) is 1.29. The molecule has 2 N–H and O–H groups in total. The van der Waals surface area contributed by atoms with E-state index in [1.807, 2.05) is 18.2 Å². The third-order valence-corrected chi connectivity index (χ3v) is 3.23. The number of oxazole rings is 1. The van der Waals surface area contributed by atoms with Crippen molar-refractivity contribution >= 4 is 23.7 Å². The van der Waals surface area contributed by atoms with Crippen LogP contribution in [0.4, 0.5) is 0 Å². The summed E-state index contributed by atoms with van der Waals surface area (Å²) in [7, 11) is -1.49. The van der Waals surface area contributed by atoms with Crippen molar-refractivity contribution in [1.29, 1.82) is 0 Å². The third-order valence-electron chi connectivity index (χ3n) is 3.23. The number of aromatic nitrogens is 1. The number of benzene rings is 2. The molecule has 1 heterocycles. The molecule has 0 bridgehead atoms. The fourth-order valence-corrected chi connectivity index (χ4v) is 2.15. The molecule has 100 valence electrons. The highest BCUT2D eigenvalue weighted by molar-refractivity contribution is 6.58. The zero-order chi connectivity index (χ0) is 13.9. The molecule has 0 aliphatic carbocycles. The summed E-state index contributed by atoms with van der Waals surface area (Å²) >= 11 is 0. The number of fused-ring (bicyclic) bond motifs is 1. The van der Waals surface area contributed by atoms with Crippen molar-refractivity contribution in [3.05, 3.63) is 60.0 Å². The highest BCUT2D eigenvalue weighted by Crippen LogP contribution is 2.15. The number of aryl methyl sites for hydroxylation is 2. The molecular formula is C15H14BNO3. The molecule has 0 amide bonds. The van der Waals surface area contributed by atoms with Crippen LogP contribution in [0.25, 0.3) is 11.1 Å². The van der Waals surface area contributed by atoms with E-state index < -0.39 is 7.12 Å². The fraction of sp³-hybridized carbons (Fsp3) is 0.133. The number of nitrogens with zero attached hydrogens (tertiary/aromatic N) is 1. The average molecular weight is 267 g/mol. The van der Waals surface area contributed by atoms with Crippen molar-refractivity contribution < 1.29 is 14.5 Å². The van der Waals surface area contributed by atoms with Crippen molar-refractivity contribution in [2.75, 3.05) is 0 Å². The maximum atomic E-state index is 9.14. The molecular weight excluding hydrogens is 253 g/mol. The van der Waals surface area contributed by atoms with E-state index in [9.17, 15) is 0 Å². The molecule has 0 unspecified atom stereocenters. The van der Waals surface area contributed by atoms with E-state index in [1.165, 1.54) is 5.56 Å². The number of hydrogen-bond donors (Lipinski definition) is 2. The summed E-state index contributed by atoms with van der Waals surface area (Å²) in [6.07, 6.45) is 1.58. The molecule has 0 aliphatic heterocycles. The molecule has 0 spiro atoms. The molecule has 0 saturated heterocycles. The lowest BCUT2D eigenvalue weighted by Gasteiger charge is -1.97. The van der Waals surface area contributed by atoms with E-state index in [0.717, 1.165) is 18.4 Å². The number of hydrogen-bond acceptors (Lipinski definition) is 4. The summed E-state index contributed by atoms with van der Waals surface area (Å²) in [5.41, 5.74) is 2.96. The van der Waals surface area contributed by atoms with Gasteiger partial charge in [0.1, 0.15) is 5.52 Å². The van der Waals surface area contributed by atoms with Crippen LogP contribution in [-0.2, 0) is 12.8 Å². The molecule has 4 nitrogen and oxygen atoms in total. The van der Waals surface area contributed by atoms with Gasteiger partial charge in [-0.1, -0.05) is 36.4 Å². The van der Waals surface area contributed by atoms with Gasteiger partial charge in [-0.2, -0.15) is 0 Å². The van der Waals surface area contributed by atoms with Crippen molar-refractivity contribution in [1.82, 2.24) is 4.98 Å². The van der Waals surface area contributed by atoms with E-state index in [-0.39, 0.29) is 0 Å².